The number of halogens is 2. The lowest BCUT2D eigenvalue weighted by molar-refractivity contribution is 0.686. The summed E-state index contributed by atoms with van der Waals surface area (Å²) in [7, 11) is 0. The highest BCUT2D eigenvalue weighted by molar-refractivity contribution is 5.85. The second kappa shape index (κ2) is 8.17. The number of nitrogens with zero attached hydrogens (tertiary/aromatic N) is 2. The Morgan fingerprint density at radius 3 is 2.59 bits per heavy atom. The lowest BCUT2D eigenvalue weighted by atomic mass is 10.2. The molecule has 2 heterocycles. The van der Waals surface area contributed by atoms with Gasteiger partial charge < -0.3 is 11.1 Å². The van der Waals surface area contributed by atoms with Gasteiger partial charge in [-0.3, -0.25) is 9.36 Å². The van der Waals surface area contributed by atoms with Gasteiger partial charge in [0.15, 0.2) is 0 Å². The van der Waals surface area contributed by atoms with Crippen LogP contribution in [0.2, 0.25) is 0 Å². The van der Waals surface area contributed by atoms with Gasteiger partial charge in [0.1, 0.15) is 5.82 Å². The van der Waals surface area contributed by atoms with Crippen molar-refractivity contribution in [3.63, 3.8) is 0 Å². The van der Waals surface area contributed by atoms with Gasteiger partial charge in [-0.2, -0.15) is 0 Å². The van der Waals surface area contributed by atoms with E-state index in [1.807, 2.05) is 18.2 Å². The molecule has 0 spiro atoms. The number of nitrogens with two attached hydrogens (primary N) is 1. The molecule has 0 aliphatic heterocycles. The molecule has 22 heavy (non-hydrogen) atoms. The molecule has 0 unspecified atom stereocenters. The van der Waals surface area contributed by atoms with E-state index in [1.165, 1.54) is 6.07 Å². The van der Waals surface area contributed by atoms with Crippen LogP contribution < -0.4 is 16.6 Å². The third kappa shape index (κ3) is 4.22. The summed E-state index contributed by atoms with van der Waals surface area (Å²) in [6.45, 7) is 0. The number of rotatable bonds is 3. The summed E-state index contributed by atoms with van der Waals surface area (Å²) in [4.78, 5) is 16.1. The van der Waals surface area contributed by atoms with Gasteiger partial charge in [-0.05, 0) is 37.5 Å². The molecule has 120 valence electrons. The van der Waals surface area contributed by atoms with Gasteiger partial charge in [0, 0.05) is 24.3 Å². The second-order valence-electron chi connectivity index (χ2n) is 5.22. The molecule has 3 rings (SSSR count). The smallest absolute Gasteiger partial charge is 0.255 e. The molecule has 7 heteroatoms. The summed E-state index contributed by atoms with van der Waals surface area (Å²) in [5, 5.41) is 3.39. The van der Waals surface area contributed by atoms with E-state index in [0.29, 0.717) is 12.1 Å². The van der Waals surface area contributed by atoms with Crippen LogP contribution in [0.1, 0.15) is 19.3 Å². The summed E-state index contributed by atoms with van der Waals surface area (Å²) in [6.07, 6.45) is 6.58. The third-order valence-electron chi connectivity index (χ3n) is 3.67. The van der Waals surface area contributed by atoms with E-state index in [0.717, 1.165) is 30.8 Å². The molecule has 2 atom stereocenters. The highest BCUT2D eigenvalue weighted by Gasteiger charge is 2.21. The molecule has 1 aliphatic rings. The van der Waals surface area contributed by atoms with Crippen LogP contribution in [0.15, 0.2) is 47.5 Å². The molecule has 0 aromatic carbocycles. The van der Waals surface area contributed by atoms with Crippen LogP contribution >= 0.6 is 24.8 Å². The average molecular weight is 343 g/mol. The first-order valence-corrected chi connectivity index (χ1v) is 6.88. The van der Waals surface area contributed by atoms with Gasteiger partial charge in [0.2, 0.25) is 0 Å². The van der Waals surface area contributed by atoms with Crippen molar-refractivity contribution in [1.29, 1.82) is 0 Å². The molecular weight excluding hydrogens is 323 g/mol. The zero-order chi connectivity index (χ0) is 13.9. The number of nitrogens with one attached hydrogen (secondary N) is 1. The summed E-state index contributed by atoms with van der Waals surface area (Å²) in [5.74, 6) is 0.830. The van der Waals surface area contributed by atoms with Crippen molar-refractivity contribution >= 4 is 30.6 Å². The molecule has 0 saturated heterocycles. The Labute approximate surface area is 141 Å². The maximum Gasteiger partial charge on any atom is 0.255 e. The quantitative estimate of drug-likeness (QED) is 0.897. The molecule has 1 fully saturated rings. The Morgan fingerprint density at radius 1 is 1.18 bits per heavy atom. The van der Waals surface area contributed by atoms with E-state index in [4.69, 9.17) is 5.73 Å². The Kier molecular flexibility index (Phi) is 6.87. The fourth-order valence-electron chi connectivity index (χ4n) is 2.61. The van der Waals surface area contributed by atoms with Crippen molar-refractivity contribution < 1.29 is 0 Å². The van der Waals surface area contributed by atoms with Crippen LogP contribution in [0.5, 0.6) is 0 Å². The standard InChI is InChI=1S/C15H18N4O.2ClH/c16-11-4-5-12(9-11)18-14-7-6-13(10-17-14)19-8-2-1-3-15(19)20;;/h1-3,6-8,10-12H,4-5,9,16H2,(H,17,18);2*1H/t11-,12-;;/m0../s1. The van der Waals surface area contributed by atoms with Crippen LogP contribution in [0.4, 0.5) is 5.82 Å². The van der Waals surface area contributed by atoms with Gasteiger partial charge in [0.25, 0.3) is 5.56 Å². The molecule has 1 saturated carbocycles. The van der Waals surface area contributed by atoms with Gasteiger partial charge in [-0.15, -0.1) is 24.8 Å². The molecule has 2 aromatic rings. The third-order valence-corrected chi connectivity index (χ3v) is 3.67. The van der Waals surface area contributed by atoms with Crippen molar-refractivity contribution in [3.8, 4) is 5.69 Å². The van der Waals surface area contributed by atoms with E-state index in [2.05, 4.69) is 10.3 Å². The Balaban J connectivity index is 0.00000121. The SMILES string of the molecule is Cl.Cl.N[C@H]1CC[C@H](Nc2ccc(-n3ccccc3=O)cn2)C1. The molecule has 0 radical (unpaired) electrons. The summed E-state index contributed by atoms with van der Waals surface area (Å²) >= 11 is 0. The first-order valence-electron chi connectivity index (χ1n) is 6.88. The van der Waals surface area contributed by atoms with E-state index >= 15 is 0 Å². The lowest BCUT2D eigenvalue weighted by Gasteiger charge is -2.13. The van der Waals surface area contributed by atoms with E-state index < -0.39 is 0 Å². The molecule has 2 aromatic heterocycles. The summed E-state index contributed by atoms with van der Waals surface area (Å²) in [5.41, 5.74) is 6.61. The lowest BCUT2D eigenvalue weighted by Crippen LogP contribution is -2.21. The number of anilines is 1. The molecule has 1 aliphatic carbocycles. The zero-order valence-electron chi connectivity index (χ0n) is 12.0. The van der Waals surface area contributed by atoms with Crippen molar-refractivity contribution in [1.82, 2.24) is 9.55 Å². The number of aromatic nitrogens is 2. The minimum atomic E-state index is -0.0585. The first kappa shape index (κ1) is 18.5. The average Bonchev–Trinajstić information content (AvgIpc) is 2.86. The topological polar surface area (TPSA) is 72.9 Å². The Bertz CT molecular complexity index is 644. The predicted octanol–water partition coefficient (Wildman–Crippen LogP) is 2.37. The van der Waals surface area contributed by atoms with E-state index in [-0.39, 0.29) is 30.4 Å². The Morgan fingerprint density at radius 2 is 2.00 bits per heavy atom. The van der Waals surface area contributed by atoms with Crippen LogP contribution in [0.25, 0.3) is 5.69 Å². The van der Waals surface area contributed by atoms with E-state index in [9.17, 15) is 4.79 Å². The van der Waals surface area contributed by atoms with Crippen molar-refractivity contribution in [3.05, 3.63) is 53.1 Å². The van der Waals surface area contributed by atoms with E-state index in [1.54, 1.807) is 23.0 Å². The molecular formula is C15H20Cl2N4O. The molecule has 0 bridgehead atoms. The summed E-state index contributed by atoms with van der Waals surface area (Å²) < 4.78 is 1.57. The van der Waals surface area contributed by atoms with Crippen LogP contribution in [-0.4, -0.2) is 21.6 Å². The van der Waals surface area contributed by atoms with Crippen molar-refractivity contribution in [2.45, 2.75) is 31.3 Å². The number of hydrogen-bond acceptors (Lipinski definition) is 4. The highest BCUT2D eigenvalue weighted by Crippen LogP contribution is 2.21. The highest BCUT2D eigenvalue weighted by atomic mass is 35.5. The molecule has 0 amide bonds. The van der Waals surface area contributed by atoms with Crippen LogP contribution in [-0.2, 0) is 0 Å². The zero-order valence-corrected chi connectivity index (χ0v) is 13.6. The maximum absolute atomic E-state index is 11.7. The van der Waals surface area contributed by atoms with Gasteiger partial charge in [-0.25, -0.2) is 4.98 Å². The number of pyridine rings is 2. The second-order valence-corrected chi connectivity index (χ2v) is 5.22. The summed E-state index contributed by atoms with van der Waals surface area (Å²) in [6, 6.07) is 9.59. The predicted molar refractivity (Wildman–Crippen MR) is 93.6 cm³/mol. The molecule has 3 N–H and O–H groups in total. The maximum atomic E-state index is 11.7. The van der Waals surface area contributed by atoms with Gasteiger partial charge in [-0.1, -0.05) is 6.07 Å². The Hall–Kier alpha value is -1.56. The van der Waals surface area contributed by atoms with Crippen LogP contribution in [0, 0.1) is 0 Å². The molecule has 5 nitrogen and oxygen atoms in total. The van der Waals surface area contributed by atoms with Crippen LogP contribution in [0.3, 0.4) is 0 Å². The van der Waals surface area contributed by atoms with Gasteiger partial charge >= 0.3 is 0 Å². The minimum absolute atomic E-state index is 0. The fraction of sp³-hybridized carbons (Fsp3) is 0.333. The number of hydrogen-bond donors (Lipinski definition) is 2. The van der Waals surface area contributed by atoms with Crippen molar-refractivity contribution in [2.24, 2.45) is 5.73 Å². The van der Waals surface area contributed by atoms with Crippen molar-refractivity contribution in [2.75, 3.05) is 5.32 Å². The first-order chi connectivity index (χ1) is 9.72. The largest absolute Gasteiger partial charge is 0.367 e. The normalized spacial score (nSPS) is 19.9. The monoisotopic (exact) mass is 342 g/mol. The fourth-order valence-corrected chi connectivity index (χ4v) is 2.61. The van der Waals surface area contributed by atoms with Gasteiger partial charge in [0.05, 0.1) is 11.9 Å². The minimum Gasteiger partial charge on any atom is -0.367 e.